The Hall–Kier alpha value is -3.35. The Morgan fingerprint density at radius 2 is 1.92 bits per heavy atom. The first-order valence-electron chi connectivity index (χ1n) is 8.34. The summed E-state index contributed by atoms with van der Waals surface area (Å²) >= 11 is 0. The number of nitrogens with one attached hydrogen (secondary N) is 1. The largest absolute Gasteiger partial charge is 0.482 e. The van der Waals surface area contributed by atoms with Crippen LogP contribution in [0.1, 0.15) is 5.82 Å². The maximum absolute atomic E-state index is 11.8. The Balaban J connectivity index is 1.52. The van der Waals surface area contributed by atoms with Crippen LogP contribution >= 0.6 is 0 Å². The predicted octanol–water partition coefficient (Wildman–Crippen LogP) is 2.45. The summed E-state index contributed by atoms with van der Waals surface area (Å²) < 4.78 is 7.42. The summed E-state index contributed by atoms with van der Waals surface area (Å²) in [6.07, 6.45) is 0. The number of carbonyl (C=O) groups excluding carboxylic acids is 1. The van der Waals surface area contributed by atoms with Crippen LogP contribution in [0.2, 0.25) is 0 Å². The minimum atomic E-state index is -0.0598. The summed E-state index contributed by atoms with van der Waals surface area (Å²) in [5.41, 5.74) is 2.67. The van der Waals surface area contributed by atoms with E-state index in [1.54, 1.807) is 11.9 Å². The summed E-state index contributed by atoms with van der Waals surface area (Å²) in [6.45, 7) is 0.602. The van der Waals surface area contributed by atoms with Crippen molar-refractivity contribution in [2.75, 3.05) is 23.9 Å². The number of nitrogens with zero attached hydrogens (tertiary/aromatic N) is 4. The Morgan fingerprint density at radius 3 is 2.73 bits per heavy atom. The van der Waals surface area contributed by atoms with Crippen molar-refractivity contribution in [3.8, 4) is 17.1 Å². The van der Waals surface area contributed by atoms with Gasteiger partial charge in [0.25, 0.3) is 5.91 Å². The van der Waals surface area contributed by atoms with Crippen LogP contribution in [0, 0.1) is 0 Å². The molecule has 7 nitrogen and oxygen atoms in total. The van der Waals surface area contributed by atoms with Gasteiger partial charge < -0.3 is 19.5 Å². The van der Waals surface area contributed by atoms with Gasteiger partial charge in [0.15, 0.2) is 18.3 Å². The second-order valence-corrected chi connectivity index (χ2v) is 6.14. The van der Waals surface area contributed by atoms with Gasteiger partial charge in [-0.2, -0.15) is 0 Å². The number of amides is 1. The summed E-state index contributed by atoms with van der Waals surface area (Å²) in [5.74, 6) is 2.30. The number of fused-ring (bicyclic) bond motifs is 1. The van der Waals surface area contributed by atoms with E-state index in [1.807, 2.05) is 60.1 Å². The van der Waals surface area contributed by atoms with Gasteiger partial charge in [0.05, 0.1) is 12.2 Å². The molecule has 1 aliphatic rings. The molecule has 0 saturated heterocycles. The molecular weight excluding hydrogens is 330 g/mol. The summed E-state index contributed by atoms with van der Waals surface area (Å²) in [4.78, 5) is 13.4. The van der Waals surface area contributed by atoms with E-state index in [2.05, 4.69) is 15.5 Å². The number of anilines is 2. The molecule has 7 heteroatoms. The Kier molecular flexibility index (Phi) is 4.04. The van der Waals surface area contributed by atoms with Crippen molar-refractivity contribution in [1.29, 1.82) is 0 Å². The fraction of sp³-hybridized carbons (Fsp3) is 0.211. The van der Waals surface area contributed by atoms with Crippen molar-refractivity contribution >= 4 is 17.3 Å². The smallest absolute Gasteiger partial charge is 0.264 e. The second-order valence-electron chi connectivity index (χ2n) is 6.14. The van der Waals surface area contributed by atoms with Gasteiger partial charge in [-0.3, -0.25) is 4.79 Å². The van der Waals surface area contributed by atoms with Crippen LogP contribution in [0.3, 0.4) is 0 Å². The van der Waals surface area contributed by atoms with Gasteiger partial charge in [0.1, 0.15) is 5.75 Å². The van der Waals surface area contributed by atoms with Gasteiger partial charge in [-0.25, -0.2) is 0 Å². The number of likely N-dealkylation sites (N-methyl/N-ethyl adjacent to an activating group) is 1. The summed E-state index contributed by atoms with van der Waals surface area (Å²) in [5, 5.41) is 11.9. The quantitative estimate of drug-likeness (QED) is 0.783. The molecule has 2 aromatic carbocycles. The standard InChI is InChI=1S/C19H19N5O2/c1-23-15-10-14(8-9-16(15)26-12-18(23)25)20-11-17-21-22-19(24(17)2)13-6-4-3-5-7-13/h3-10,20H,11-12H2,1-2H3. The highest BCUT2D eigenvalue weighted by Crippen LogP contribution is 2.33. The molecule has 1 N–H and O–H groups in total. The van der Waals surface area contributed by atoms with Crippen molar-refractivity contribution < 1.29 is 9.53 Å². The topological polar surface area (TPSA) is 72.3 Å². The molecule has 0 saturated carbocycles. The molecule has 1 aliphatic heterocycles. The second kappa shape index (κ2) is 6.51. The zero-order valence-electron chi connectivity index (χ0n) is 14.6. The lowest BCUT2D eigenvalue weighted by Gasteiger charge is -2.26. The highest BCUT2D eigenvalue weighted by Gasteiger charge is 2.22. The Bertz CT molecular complexity index is 952. The first-order chi connectivity index (χ1) is 12.6. The number of rotatable bonds is 4. The maximum atomic E-state index is 11.8. The van der Waals surface area contributed by atoms with Crippen molar-refractivity contribution in [1.82, 2.24) is 14.8 Å². The van der Waals surface area contributed by atoms with Crippen LogP contribution in [0.15, 0.2) is 48.5 Å². The summed E-state index contributed by atoms with van der Waals surface area (Å²) in [6, 6.07) is 15.7. The van der Waals surface area contributed by atoms with Crippen molar-refractivity contribution in [3.05, 3.63) is 54.4 Å². The van der Waals surface area contributed by atoms with Crippen LogP contribution in [0.4, 0.5) is 11.4 Å². The van der Waals surface area contributed by atoms with Gasteiger partial charge in [-0.15, -0.1) is 10.2 Å². The van der Waals surface area contributed by atoms with E-state index in [9.17, 15) is 4.79 Å². The van der Waals surface area contributed by atoms with E-state index < -0.39 is 0 Å². The van der Waals surface area contributed by atoms with E-state index >= 15 is 0 Å². The molecule has 132 valence electrons. The minimum absolute atomic E-state index is 0.0598. The highest BCUT2D eigenvalue weighted by molar-refractivity contribution is 5.97. The van der Waals surface area contributed by atoms with E-state index in [-0.39, 0.29) is 12.5 Å². The molecule has 0 bridgehead atoms. The Labute approximate surface area is 151 Å². The predicted molar refractivity (Wildman–Crippen MR) is 99.1 cm³/mol. The Morgan fingerprint density at radius 1 is 1.12 bits per heavy atom. The molecule has 1 aromatic heterocycles. The maximum Gasteiger partial charge on any atom is 0.264 e. The zero-order valence-corrected chi connectivity index (χ0v) is 14.6. The highest BCUT2D eigenvalue weighted by atomic mass is 16.5. The number of ether oxygens (including phenoxy) is 1. The van der Waals surface area contributed by atoms with Gasteiger partial charge in [-0.1, -0.05) is 30.3 Å². The van der Waals surface area contributed by atoms with E-state index in [0.29, 0.717) is 12.3 Å². The van der Waals surface area contributed by atoms with Crippen LogP contribution in [-0.4, -0.2) is 34.3 Å². The SMILES string of the molecule is CN1C(=O)COc2ccc(NCc3nnc(-c4ccccc4)n3C)cc21. The molecule has 2 heterocycles. The van der Waals surface area contributed by atoms with Crippen LogP contribution in [-0.2, 0) is 18.4 Å². The monoisotopic (exact) mass is 349 g/mol. The molecule has 0 unspecified atom stereocenters. The van der Waals surface area contributed by atoms with E-state index in [0.717, 1.165) is 28.6 Å². The molecule has 0 radical (unpaired) electrons. The molecule has 0 fully saturated rings. The van der Waals surface area contributed by atoms with Crippen LogP contribution in [0.25, 0.3) is 11.4 Å². The number of carbonyl (C=O) groups is 1. The molecule has 0 atom stereocenters. The van der Waals surface area contributed by atoms with Gasteiger partial charge in [0.2, 0.25) is 0 Å². The van der Waals surface area contributed by atoms with E-state index in [4.69, 9.17) is 4.74 Å². The molecule has 0 aliphatic carbocycles. The average molecular weight is 349 g/mol. The zero-order chi connectivity index (χ0) is 18.1. The van der Waals surface area contributed by atoms with Gasteiger partial charge in [-0.05, 0) is 18.2 Å². The van der Waals surface area contributed by atoms with Gasteiger partial charge in [0, 0.05) is 25.3 Å². The number of hydrogen-bond acceptors (Lipinski definition) is 5. The lowest BCUT2D eigenvalue weighted by Crippen LogP contribution is -2.35. The van der Waals surface area contributed by atoms with Gasteiger partial charge >= 0.3 is 0 Å². The molecule has 26 heavy (non-hydrogen) atoms. The molecule has 0 spiro atoms. The third kappa shape index (κ3) is 2.88. The first-order valence-corrected chi connectivity index (χ1v) is 8.34. The first kappa shape index (κ1) is 16.1. The number of benzene rings is 2. The number of aromatic nitrogens is 3. The van der Waals surface area contributed by atoms with Crippen molar-refractivity contribution in [2.24, 2.45) is 7.05 Å². The fourth-order valence-corrected chi connectivity index (χ4v) is 2.92. The molecule has 3 aromatic rings. The summed E-state index contributed by atoms with van der Waals surface area (Å²) in [7, 11) is 3.70. The molecular formula is C19H19N5O2. The van der Waals surface area contributed by atoms with E-state index in [1.165, 1.54) is 0 Å². The normalized spacial score (nSPS) is 13.3. The number of hydrogen-bond donors (Lipinski definition) is 1. The average Bonchev–Trinajstić information content (AvgIpc) is 3.04. The van der Waals surface area contributed by atoms with Crippen molar-refractivity contribution in [3.63, 3.8) is 0 Å². The third-order valence-corrected chi connectivity index (χ3v) is 4.49. The fourth-order valence-electron chi connectivity index (χ4n) is 2.92. The third-order valence-electron chi connectivity index (χ3n) is 4.49. The lowest BCUT2D eigenvalue weighted by atomic mass is 10.2. The van der Waals surface area contributed by atoms with Crippen LogP contribution in [0.5, 0.6) is 5.75 Å². The molecule has 4 rings (SSSR count). The van der Waals surface area contributed by atoms with Crippen molar-refractivity contribution in [2.45, 2.75) is 6.54 Å². The van der Waals surface area contributed by atoms with Crippen LogP contribution < -0.4 is 15.0 Å². The lowest BCUT2D eigenvalue weighted by molar-refractivity contribution is -0.120. The molecule has 1 amide bonds. The minimum Gasteiger partial charge on any atom is -0.482 e.